The molecule has 8 heteroatoms. The molecule has 2 bridgehead atoms. The maximum absolute atomic E-state index is 14.4. The van der Waals surface area contributed by atoms with Crippen molar-refractivity contribution in [2.24, 2.45) is 23.2 Å². The molecule has 0 aliphatic carbocycles. The molecule has 3 N–H and O–H groups in total. The van der Waals surface area contributed by atoms with E-state index in [0.717, 1.165) is 18.4 Å². The fraction of sp³-hybridized carbons (Fsp3) is 0.719. The van der Waals surface area contributed by atoms with Crippen LogP contribution >= 0.6 is 11.8 Å². The van der Waals surface area contributed by atoms with Gasteiger partial charge in [-0.3, -0.25) is 14.4 Å². The van der Waals surface area contributed by atoms with Crippen molar-refractivity contribution in [1.29, 1.82) is 0 Å². The van der Waals surface area contributed by atoms with E-state index >= 15 is 0 Å². The van der Waals surface area contributed by atoms with E-state index in [1.54, 1.807) is 16.7 Å². The van der Waals surface area contributed by atoms with Gasteiger partial charge in [0.05, 0.1) is 29.2 Å². The van der Waals surface area contributed by atoms with Gasteiger partial charge in [0.2, 0.25) is 17.7 Å². The van der Waals surface area contributed by atoms with Gasteiger partial charge in [0.25, 0.3) is 0 Å². The third-order valence-corrected chi connectivity index (χ3v) is 10.8. The van der Waals surface area contributed by atoms with Gasteiger partial charge in [-0.1, -0.05) is 65.0 Å². The molecule has 0 saturated carbocycles. The number of thioether (sulfide) groups is 1. The van der Waals surface area contributed by atoms with Crippen LogP contribution in [0.4, 0.5) is 0 Å². The molecule has 6 atom stereocenters. The van der Waals surface area contributed by atoms with Crippen LogP contribution in [-0.4, -0.2) is 61.5 Å². The SMILES string of the molecule is CC(C)C[C@H](CO)N1C(=O)[C@@H]2[C@@H](C(=O)NCc3ccccc3)[C@@]3(C)CCC2(S3)C1C(=O)NC(C)(C)CC(C)(C)C. The highest BCUT2D eigenvalue weighted by atomic mass is 32.2. The van der Waals surface area contributed by atoms with Crippen molar-refractivity contribution in [2.75, 3.05) is 6.61 Å². The molecule has 3 amide bonds. The van der Waals surface area contributed by atoms with Crippen molar-refractivity contribution in [3.05, 3.63) is 35.9 Å². The average Bonchev–Trinajstić information content (AvgIpc) is 3.40. The number of amides is 3. The molecule has 2 unspecified atom stereocenters. The predicted molar refractivity (Wildman–Crippen MR) is 160 cm³/mol. The van der Waals surface area contributed by atoms with E-state index in [0.29, 0.717) is 19.4 Å². The Kier molecular flexibility index (Phi) is 8.47. The summed E-state index contributed by atoms with van der Waals surface area (Å²) in [4.78, 5) is 44.3. The molecule has 3 fully saturated rings. The van der Waals surface area contributed by atoms with E-state index in [-0.39, 0.29) is 35.7 Å². The quantitative estimate of drug-likeness (QED) is 0.384. The van der Waals surface area contributed by atoms with Gasteiger partial charge in [-0.2, -0.15) is 0 Å². The van der Waals surface area contributed by atoms with Gasteiger partial charge in [-0.25, -0.2) is 0 Å². The number of hydrogen-bond donors (Lipinski definition) is 3. The third-order valence-electron chi connectivity index (χ3n) is 8.84. The number of rotatable bonds is 10. The third kappa shape index (κ3) is 5.80. The highest BCUT2D eigenvalue weighted by molar-refractivity contribution is 8.02. The standard InChI is InChI=1S/C32H49N3O4S/c1-20(2)16-22(18-36)35-25(27(38)34-30(6,7)19-29(3,4)5)32-15-14-31(8,40-32)23(24(32)28(35)39)26(37)33-17-21-12-10-9-11-13-21/h9-13,20,22-25,36H,14-19H2,1-8H3,(H,33,37)(H,34,38)/t22-,23+,24+,25?,31-,32?/m1/s1. The second kappa shape index (κ2) is 11.0. The molecule has 222 valence electrons. The van der Waals surface area contributed by atoms with Crippen molar-refractivity contribution < 1.29 is 19.5 Å². The maximum atomic E-state index is 14.4. The highest BCUT2D eigenvalue weighted by Crippen LogP contribution is 2.71. The van der Waals surface area contributed by atoms with Gasteiger partial charge in [0.1, 0.15) is 6.04 Å². The Morgan fingerprint density at radius 1 is 1.10 bits per heavy atom. The Bertz CT molecular complexity index is 1120. The van der Waals surface area contributed by atoms with Gasteiger partial charge in [-0.05, 0) is 63.4 Å². The molecule has 40 heavy (non-hydrogen) atoms. The lowest BCUT2D eigenvalue weighted by Gasteiger charge is -2.40. The first-order valence-corrected chi connectivity index (χ1v) is 15.6. The molecule has 3 aliphatic rings. The Hall–Kier alpha value is -2.06. The second-order valence-electron chi connectivity index (χ2n) is 14.8. The van der Waals surface area contributed by atoms with Gasteiger partial charge in [-0.15, -0.1) is 11.8 Å². The number of fused-ring (bicyclic) bond motifs is 1. The van der Waals surface area contributed by atoms with Crippen LogP contribution in [0.15, 0.2) is 30.3 Å². The van der Waals surface area contributed by atoms with Crippen LogP contribution in [-0.2, 0) is 20.9 Å². The molecule has 4 rings (SSSR count). The molecule has 3 aliphatic heterocycles. The number of nitrogens with zero attached hydrogens (tertiary/aromatic N) is 1. The predicted octanol–water partition coefficient (Wildman–Crippen LogP) is 4.52. The van der Waals surface area contributed by atoms with E-state index < -0.39 is 39.0 Å². The van der Waals surface area contributed by atoms with Crippen LogP contribution in [0.3, 0.4) is 0 Å². The van der Waals surface area contributed by atoms with Crippen molar-refractivity contribution in [3.63, 3.8) is 0 Å². The molecule has 1 aromatic carbocycles. The summed E-state index contributed by atoms with van der Waals surface area (Å²) in [6.45, 7) is 16.9. The highest BCUT2D eigenvalue weighted by Gasteiger charge is 2.77. The van der Waals surface area contributed by atoms with Gasteiger partial charge in [0.15, 0.2) is 0 Å². The molecule has 3 heterocycles. The molecule has 3 saturated heterocycles. The fourth-order valence-electron chi connectivity index (χ4n) is 7.94. The summed E-state index contributed by atoms with van der Waals surface area (Å²) in [5.41, 5.74) is 0.522. The zero-order chi connectivity index (χ0) is 29.7. The van der Waals surface area contributed by atoms with Gasteiger partial charge < -0.3 is 20.6 Å². The van der Waals surface area contributed by atoms with Crippen molar-refractivity contribution >= 4 is 29.5 Å². The zero-order valence-corrected chi connectivity index (χ0v) is 26.4. The monoisotopic (exact) mass is 571 g/mol. The van der Waals surface area contributed by atoms with E-state index in [1.807, 2.05) is 44.2 Å². The minimum atomic E-state index is -0.737. The zero-order valence-electron chi connectivity index (χ0n) is 25.5. The molecule has 7 nitrogen and oxygen atoms in total. The number of likely N-dealkylation sites (tertiary alicyclic amines) is 1. The van der Waals surface area contributed by atoms with Crippen molar-refractivity contribution in [1.82, 2.24) is 15.5 Å². The van der Waals surface area contributed by atoms with Crippen molar-refractivity contribution in [2.45, 2.75) is 115 Å². The van der Waals surface area contributed by atoms with Crippen LogP contribution in [0.2, 0.25) is 0 Å². The number of hydrogen-bond acceptors (Lipinski definition) is 5. The van der Waals surface area contributed by atoms with Crippen LogP contribution in [0.1, 0.15) is 86.6 Å². The largest absolute Gasteiger partial charge is 0.394 e. The Labute approximate surface area is 244 Å². The smallest absolute Gasteiger partial charge is 0.244 e. The summed E-state index contributed by atoms with van der Waals surface area (Å²) in [6, 6.07) is 8.55. The van der Waals surface area contributed by atoms with Crippen molar-refractivity contribution in [3.8, 4) is 0 Å². The summed E-state index contributed by atoms with van der Waals surface area (Å²) >= 11 is 1.67. The fourth-order valence-corrected chi connectivity index (χ4v) is 10.3. The molecule has 0 aromatic heterocycles. The summed E-state index contributed by atoms with van der Waals surface area (Å²) in [7, 11) is 0. The molecule has 1 spiro atoms. The summed E-state index contributed by atoms with van der Waals surface area (Å²) < 4.78 is -1.13. The minimum absolute atomic E-state index is 0.00401. The summed E-state index contributed by atoms with van der Waals surface area (Å²) in [5, 5.41) is 16.9. The Morgan fingerprint density at radius 3 is 2.33 bits per heavy atom. The summed E-state index contributed by atoms with van der Waals surface area (Å²) in [5.74, 6) is -1.37. The topological polar surface area (TPSA) is 98.7 Å². The first-order valence-electron chi connectivity index (χ1n) is 14.8. The molecular weight excluding hydrogens is 522 g/mol. The van der Waals surface area contributed by atoms with Gasteiger partial charge in [0, 0.05) is 16.8 Å². The van der Waals surface area contributed by atoms with Crippen LogP contribution < -0.4 is 10.6 Å². The normalized spacial score (nSPS) is 30.5. The van der Waals surface area contributed by atoms with E-state index in [9.17, 15) is 19.5 Å². The van der Waals surface area contributed by atoms with E-state index in [2.05, 4.69) is 52.2 Å². The average molecular weight is 572 g/mol. The lowest BCUT2D eigenvalue weighted by molar-refractivity contribution is -0.144. The van der Waals surface area contributed by atoms with Crippen LogP contribution in [0.5, 0.6) is 0 Å². The second-order valence-corrected chi connectivity index (χ2v) is 16.6. The first kappa shape index (κ1) is 30.9. The lowest BCUT2D eigenvalue weighted by Crippen LogP contribution is -2.60. The van der Waals surface area contributed by atoms with Crippen LogP contribution in [0.25, 0.3) is 0 Å². The Balaban J connectivity index is 1.70. The lowest BCUT2D eigenvalue weighted by atomic mass is 9.66. The molecular formula is C32H49N3O4S. The number of carbonyl (C=O) groups is 3. The van der Waals surface area contributed by atoms with Crippen LogP contribution in [0, 0.1) is 23.2 Å². The molecule has 1 aromatic rings. The summed E-state index contributed by atoms with van der Waals surface area (Å²) in [6.07, 6.45) is 2.82. The number of aliphatic hydroxyl groups is 1. The number of aliphatic hydroxyl groups excluding tert-OH is 1. The van der Waals surface area contributed by atoms with E-state index in [1.165, 1.54) is 0 Å². The molecule has 0 radical (unpaired) electrons. The number of carbonyl (C=O) groups excluding carboxylic acids is 3. The Morgan fingerprint density at radius 2 is 1.75 bits per heavy atom. The van der Waals surface area contributed by atoms with Gasteiger partial charge >= 0.3 is 0 Å². The maximum Gasteiger partial charge on any atom is 0.244 e. The number of benzene rings is 1. The van der Waals surface area contributed by atoms with E-state index in [4.69, 9.17) is 0 Å². The minimum Gasteiger partial charge on any atom is -0.394 e. The first-order chi connectivity index (χ1) is 18.5. The number of nitrogens with one attached hydrogen (secondary N) is 2.